The number of carbonyl (C=O) groups is 1. The number of aryl methyl sites for hydroxylation is 1. The molecule has 186 valence electrons. The van der Waals surface area contributed by atoms with E-state index in [9.17, 15) is 14.7 Å². The van der Waals surface area contributed by atoms with Crippen LogP contribution in [0, 0.1) is 0 Å². The van der Waals surface area contributed by atoms with Crippen molar-refractivity contribution < 1.29 is 14.6 Å². The zero-order chi connectivity index (χ0) is 25.0. The SMILES string of the molecule is C[C@H]1CN(CC(=O)Nc2cnc3c(c2)[nH]c(=O)c2c3nn3cc(-c4cnn(C)c4)sc23)C[C@@H](CO)O1. The number of hydrogen-bond acceptors (Lipinski definition) is 9. The average Bonchev–Trinajstić information content (AvgIpc) is 3.52. The van der Waals surface area contributed by atoms with Crippen molar-refractivity contribution in [3.63, 3.8) is 0 Å². The second-order valence-corrected chi connectivity index (χ2v) is 10.1. The van der Waals surface area contributed by atoms with Gasteiger partial charge in [-0.05, 0) is 13.0 Å². The number of fused-ring (bicyclic) bond motifs is 5. The second kappa shape index (κ2) is 8.78. The van der Waals surface area contributed by atoms with Gasteiger partial charge in [0.05, 0.1) is 53.8 Å². The fourth-order valence-electron chi connectivity index (χ4n) is 4.67. The highest BCUT2D eigenvalue weighted by atomic mass is 32.1. The highest BCUT2D eigenvalue weighted by Crippen LogP contribution is 2.33. The predicted molar refractivity (Wildman–Crippen MR) is 135 cm³/mol. The van der Waals surface area contributed by atoms with Crippen LogP contribution in [0.4, 0.5) is 5.69 Å². The third-order valence-electron chi connectivity index (χ3n) is 6.15. The molecule has 1 amide bonds. The van der Waals surface area contributed by atoms with Crippen molar-refractivity contribution in [3.8, 4) is 10.4 Å². The first-order valence-corrected chi connectivity index (χ1v) is 12.3. The maximum atomic E-state index is 13.0. The maximum Gasteiger partial charge on any atom is 0.261 e. The molecule has 2 atom stereocenters. The van der Waals surface area contributed by atoms with Crippen LogP contribution < -0.4 is 10.9 Å². The molecule has 6 heterocycles. The Labute approximate surface area is 208 Å². The molecule has 6 rings (SSSR count). The van der Waals surface area contributed by atoms with E-state index < -0.39 is 0 Å². The molecule has 1 saturated heterocycles. The summed E-state index contributed by atoms with van der Waals surface area (Å²) in [5.74, 6) is -0.212. The van der Waals surface area contributed by atoms with Gasteiger partial charge in [0.25, 0.3) is 5.56 Å². The van der Waals surface area contributed by atoms with Crippen LogP contribution in [0.1, 0.15) is 6.92 Å². The van der Waals surface area contributed by atoms with E-state index in [4.69, 9.17) is 4.74 Å². The third kappa shape index (κ3) is 4.05. The number of pyridine rings is 2. The summed E-state index contributed by atoms with van der Waals surface area (Å²) in [6.45, 7) is 3.07. The largest absolute Gasteiger partial charge is 0.394 e. The van der Waals surface area contributed by atoms with E-state index in [0.29, 0.717) is 40.7 Å². The highest BCUT2D eigenvalue weighted by molar-refractivity contribution is 7.21. The van der Waals surface area contributed by atoms with E-state index in [-0.39, 0.29) is 36.8 Å². The lowest BCUT2D eigenvalue weighted by Crippen LogP contribution is -2.50. The molecule has 36 heavy (non-hydrogen) atoms. The molecule has 13 heteroatoms. The number of nitrogens with zero attached hydrogens (tertiary/aromatic N) is 6. The minimum atomic E-state index is -0.304. The lowest BCUT2D eigenvalue weighted by Gasteiger charge is -2.35. The number of hydrogen-bond donors (Lipinski definition) is 3. The molecule has 0 bridgehead atoms. The quantitative estimate of drug-likeness (QED) is 0.322. The lowest BCUT2D eigenvalue weighted by molar-refractivity contribution is -0.124. The molecule has 12 nitrogen and oxygen atoms in total. The molecule has 0 aliphatic carbocycles. The van der Waals surface area contributed by atoms with Crippen LogP contribution >= 0.6 is 11.3 Å². The molecule has 5 aromatic rings. The van der Waals surface area contributed by atoms with Gasteiger partial charge in [-0.1, -0.05) is 0 Å². The molecule has 3 N–H and O–H groups in total. The van der Waals surface area contributed by atoms with E-state index in [1.54, 1.807) is 27.7 Å². The van der Waals surface area contributed by atoms with Gasteiger partial charge in [0.2, 0.25) is 5.91 Å². The molecule has 0 spiro atoms. The number of thiazole rings is 1. The molecular weight excluding hydrogens is 484 g/mol. The van der Waals surface area contributed by atoms with Gasteiger partial charge in [0, 0.05) is 38.1 Å². The fraction of sp³-hybridized carbons (Fsp3) is 0.348. The molecule has 0 radical (unpaired) electrons. The van der Waals surface area contributed by atoms with Gasteiger partial charge < -0.3 is 20.1 Å². The number of aromatic amines is 1. The molecule has 1 aliphatic heterocycles. The third-order valence-corrected chi connectivity index (χ3v) is 7.29. The zero-order valence-corrected chi connectivity index (χ0v) is 20.4. The number of carbonyl (C=O) groups excluding carboxylic acids is 1. The minimum Gasteiger partial charge on any atom is -0.394 e. The standard InChI is InChI=1S/C23H24N8O4S/c1-12-6-30(8-15(11-32)35-12)10-18(33)26-14-3-16-20(24-5-14)21-19(22(34)27-16)23-31(28-21)9-17(36-23)13-4-25-29(2)7-13/h3-5,7,9,12,15,32H,6,8,10-11H2,1-2H3,(H,26,33)(H,27,34)/t12-,15-/m0/s1. The van der Waals surface area contributed by atoms with Gasteiger partial charge in [-0.2, -0.15) is 10.2 Å². The molecule has 0 aromatic carbocycles. The fourth-order valence-corrected chi connectivity index (χ4v) is 5.74. The highest BCUT2D eigenvalue weighted by Gasteiger charge is 2.26. The van der Waals surface area contributed by atoms with Crippen molar-refractivity contribution in [3.05, 3.63) is 41.2 Å². The number of nitrogens with one attached hydrogen (secondary N) is 2. The van der Waals surface area contributed by atoms with Gasteiger partial charge in [-0.25, -0.2) is 4.52 Å². The monoisotopic (exact) mass is 508 g/mol. The van der Waals surface area contributed by atoms with Crippen molar-refractivity contribution >= 4 is 49.7 Å². The van der Waals surface area contributed by atoms with Gasteiger partial charge in [0.15, 0.2) is 0 Å². The van der Waals surface area contributed by atoms with E-state index >= 15 is 0 Å². The number of ether oxygens (including phenoxy) is 1. The maximum absolute atomic E-state index is 13.0. The van der Waals surface area contributed by atoms with E-state index in [2.05, 4.69) is 25.5 Å². The van der Waals surface area contributed by atoms with E-state index in [1.807, 2.05) is 31.3 Å². The van der Waals surface area contributed by atoms with Crippen molar-refractivity contribution in [2.75, 3.05) is 31.6 Å². The number of aromatic nitrogens is 6. The molecular formula is C23H24N8O4S. The van der Waals surface area contributed by atoms with Crippen molar-refractivity contribution in [1.29, 1.82) is 0 Å². The smallest absolute Gasteiger partial charge is 0.261 e. The van der Waals surface area contributed by atoms with Gasteiger partial charge in [0.1, 0.15) is 21.3 Å². The molecule has 5 aromatic heterocycles. The Bertz CT molecular complexity index is 1670. The summed E-state index contributed by atoms with van der Waals surface area (Å²) >= 11 is 1.47. The van der Waals surface area contributed by atoms with Gasteiger partial charge in [-0.3, -0.25) is 24.2 Å². The van der Waals surface area contributed by atoms with Crippen LogP contribution in [-0.2, 0) is 16.6 Å². The van der Waals surface area contributed by atoms with Crippen molar-refractivity contribution in [1.82, 2.24) is 34.3 Å². The van der Waals surface area contributed by atoms with Crippen LogP contribution in [-0.4, -0.2) is 83.7 Å². The number of aliphatic hydroxyl groups excluding tert-OH is 1. The zero-order valence-electron chi connectivity index (χ0n) is 19.6. The van der Waals surface area contributed by atoms with Crippen LogP contribution in [0.3, 0.4) is 0 Å². The number of aliphatic hydroxyl groups is 1. The van der Waals surface area contributed by atoms with E-state index in [0.717, 1.165) is 15.3 Å². The molecule has 0 saturated carbocycles. The number of H-pyrrole nitrogens is 1. The Kier molecular flexibility index (Phi) is 5.56. The summed E-state index contributed by atoms with van der Waals surface area (Å²) in [6, 6.07) is 1.69. The Balaban J connectivity index is 1.27. The predicted octanol–water partition coefficient (Wildman–Crippen LogP) is 1.21. The summed E-state index contributed by atoms with van der Waals surface area (Å²) in [5, 5.41) is 21.6. The minimum absolute atomic E-state index is 0.0662. The van der Waals surface area contributed by atoms with E-state index in [1.165, 1.54) is 11.3 Å². The Morgan fingerprint density at radius 3 is 2.94 bits per heavy atom. The Morgan fingerprint density at radius 1 is 1.31 bits per heavy atom. The van der Waals surface area contributed by atoms with Crippen LogP contribution in [0.15, 0.2) is 35.6 Å². The topological polar surface area (TPSA) is 143 Å². The van der Waals surface area contributed by atoms with Gasteiger partial charge >= 0.3 is 0 Å². The molecule has 1 fully saturated rings. The van der Waals surface area contributed by atoms with Gasteiger partial charge in [-0.15, -0.1) is 11.3 Å². The lowest BCUT2D eigenvalue weighted by atomic mass is 10.2. The number of anilines is 1. The van der Waals surface area contributed by atoms with Crippen LogP contribution in [0.25, 0.3) is 37.2 Å². The second-order valence-electron chi connectivity index (χ2n) is 9.04. The summed E-state index contributed by atoms with van der Waals surface area (Å²) in [4.78, 5) is 36.7. The Morgan fingerprint density at radius 2 is 2.17 bits per heavy atom. The molecule has 0 unspecified atom stereocenters. The average molecular weight is 509 g/mol. The number of rotatable bonds is 5. The first kappa shape index (κ1) is 22.8. The first-order valence-electron chi connectivity index (χ1n) is 11.5. The first-order chi connectivity index (χ1) is 17.4. The Hall–Kier alpha value is -3.65. The summed E-state index contributed by atoms with van der Waals surface area (Å²) in [6.07, 6.45) is 6.75. The molecule has 1 aliphatic rings. The van der Waals surface area contributed by atoms with Crippen molar-refractivity contribution in [2.45, 2.75) is 19.1 Å². The van der Waals surface area contributed by atoms with Crippen LogP contribution in [0.5, 0.6) is 0 Å². The summed E-state index contributed by atoms with van der Waals surface area (Å²) < 4.78 is 9.06. The summed E-state index contributed by atoms with van der Waals surface area (Å²) in [5.41, 5.74) is 2.71. The van der Waals surface area contributed by atoms with Crippen molar-refractivity contribution in [2.24, 2.45) is 7.05 Å². The normalized spacial score (nSPS) is 19.0. The number of morpholine rings is 1. The number of amides is 1. The summed E-state index contributed by atoms with van der Waals surface area (Å²) in [7, 11) is 1.85. The van der Waals surface area contributed by atoms with Crippen LogP contribution in [0.2, 0.25) is 0 Å².